The molecule has 3 aromatic carbocycles. The van der Waals surface area contributed by atoms with Crippen LogP contribution >= 0.6 is 0 Å². The van der Waals surface area contributed by atoms with Crippen LogP contribution in [0.1, 0.15) is 22.8 Å². The second-order valence-corrected chi connectivity index (χ2v) is 6.55. The van der Waals surface area contributed by atoms with E-state index in [0.717, 1.165) is 16.3 Å². The molecule has 30 heavy (non-hydrogen) atoms. The number of rotatable bonds is 7. The molecule has 0 unspecified atom stereocenters. The Morgan fingerprint density at radius 3 is 2.33 bits per heavy atom. The van der Waals surface area contributed by atoms with Gasteiger partial charge in [-0.2, -0.15) is 0 Å². The van der Waals surface area contributed by atoms with Crippen molar-refractivity contribution in [1.29, 1.82) is 0 Å². The summed E-state index contributed by atoms with van der Waals surface area (Å²) in [5, 5.41) is 4.62. The lowest BCUT2D eigenvalue weighted by atomic mass is 10.0. The van der Waals surface area contributed by atoms with Crippen LogP contribution in [0.2, 0.25) is 0 Å². The number of hydrogen-bond donors (Lipinski definition) is 3. The lowest BCUT2D eigenvalue weighted by Crippen LogP contribution is -2.46. The van der Waals surface area contributed by atoms with Gasteiger partial charge in [-0.15, -0.1) is 0 Å². The zero-order chi connectivity index (χ0) is 21.3. The van der Waals surface area contributed by atoms with Gasteiger partial charge in [0.1, 0.15) is 5.75 Å². The number of carbonyl (C=O) groups excluding carboxylic acids is 3. The molecule has 0 heterocycles. The molecule has 3 N–H and O–H groups in total. The predicted molar refractivity (Wildman–Crippen MR) is 114 cm³/mol. The van der Waals surface area contributed by atoms with Crippen LogP contribution in [0.15, 0.2) is 66.7 Å². The molecule has 0 atom stereocenters. The van der Waals surface area contributed by atoms with E-state index in [1.807, 2.05) is 49.4 Å². The summed E-state index contributed by atoms with van der Waals surface area (Å²) in [5.74, 6) is -0.611. The normalized spacial score (nSPS) is 10.3. The second-order valence-electron chi connectivity index (χ2n) is 6.55. The Balaban J connectivity index is 1.45. The zero-order valence-corrected chi connectivity index (χ0v) is 16.6. The largest absolute Gasteiger partial charge is 0.494 e. The fourth-order valence-corrected chi connectivity index (χ4v) is 2.97. The summed E-state index contributed by atoms with van der Waals surface area (Å²) in [7, 11) is 0. The van der Waals surface area contributed by atoms with Crippen molar-refractivity contribution in [3.63, 3.8) is 0 Å². The summed E-state index contributed by atoms with van der Waals surface area (Å²) >= 11 is 0. The van der Waals surface area contributed by atoms with Crippen molar-refractivity contribution in [2.45, 2.75) is 13.3 Å². The van der Waals surface area contributed by atoms with Crippen molar-refractivity contribution in [2.24, 2.45) is 0 Å². The van der Waals surface area contributed by atoms with Gasteiger partial charge in [0.05, 0.1) is 19.6 Å². The van der Waals surface area contributed by atoms with Crippen LogP contribution in [0.5, 0.6) is 5.75 Å². The number of amides is 3. The molecule has 154 valence electrons. The third-order valence-electron chi connectivity index (χ3n) is 4.42. The average molecular weight is 405 g/mol. The first kappa shape index (κ1) is 20.9. The van der Waals surface area contributed by atoms with E-state index in [-0.39, 0.29) is 18.9 Å². The maximum atomic E-state index is 12.2. The summed E-state index contributed by atoms with van der Waals surface area (Å²) in [4.78, 5) is 36.2. The number of hydrazine groups is 1. The summed E-state index contributed by atoms with van der Waals surface area (Å²) in [5.41, 5.74) is 5.86. The number of carbonyl (C=O) groups is 3. The molecule has 0 aliphatic carbocycles. The van der Waals surface area contributed by atoms with Crippen molar-refractivity contribution in [1.82, 2.24) is 16.2 Å². The van der Waals surface area contributed by atoms with Gasteiger partial charge in [-0.3, -0.25) is 25.2 Å². The Bertz CT molecular complexity index is 1040. The molecular formula is C23H23N3O4. The topological polar surface area (TPSA) is 96.5 Å². The lowest BCUT2D eigenvalue weighted by molar-refractivity contribution is -0.126. The molecule has 0 fully saturated rings. The monoisotopic (exact) mass is 405 g/mol. The van der Waals surface area contributed by atoms with Crippen LogP contribution < -0.4 is 20.9 Å². The van der Waals surface area contributed by atoms with Crippen molar-refractivity contribution in [3.8, 4) is 5.75 Å². The molecule has 0 bridgehead atoms. The van der Waals surface area contributed by atoms with Crippen LogP contribution in [0.4, 0.5) is 0 Å². The fraction of sp³-hybridized carbons (Fsp3) is 0.174. The molecule has 3 rings (SSSR count). The Morgan fingerprint density at radius 1 is 0.833 bits per heavy atom. The number of fused-ring (bicyclic) bond motifs is 1. The van der Waals surface area contributed by atoms with Crippen LogP contribution in [0, 0.1) is 0 Å². The molecular weight excluding hydrogens is 382 g/mol. The van der Waals surface area contributed by atoms with Crippen molar-refractivity contribution in [3.05, 3.63) is 77.9 Å². The standard InChI is InChI=1S/C23H23N3O4/c1-2-30-19-12-10-17(11-13-19)23(29)26-25-22(28)15-24-21(27)14-18-8-5-7-16-6-3-4-9-20(16)18/h3-13H,2,14-15H2,1H3,(H,24,27)(H,25,28)(H,26,29). The first-order valence-corrected chi connectivity index (χ1v) is 9.62. The van der Waals surface area contributed by atoms with Crippen LogP contribution in [0.3, 0.4) is 0 Å². The summed E-state index contributed by atoms with van der Waals surface area (Å²) in [6.45, 7) is 2.16. The fourth-order valence-electron chi connectivity index (χ4n) is 2.97. The number of hydrogen-bond acceptors (Lipinski definition) is 4. The average Bonchev–Trinajstić information content (AvgIpc) is 2.77. The molecule has 0 aliphatic rings. The van der Waals surface area contributed by atoms with Crippen molar-refractivity contribution in [2.75, 3.05) is 13.2 Å². The third-order valence-corrected chi connectivity index (χ3v) is 4.42. The third kappa shape index (κ3) is 5.57. The molecule has 0 aliphatic heterocycles. The van der Waals surface area contributed by atoms with E-state index in [4.69, 9.17) is 4.74 Å². The summed E-state index contributed by atoms with van der Waals surface area (Å²) < 4.78 is 5.32. The van der Waals surface area contributed by atoms with Gasteiger partial charge >= 0.3 is 0 Å². The van der Waals surface area contributed by atoms with Crippen LogP contribution in [0.25, 0.3) is 10.8 Å². The molecule has 0 saturated carbocycles. The molecule has 3 aromatic rings. The Morgan fingerprint density at radius 2 is 1.57 bits per heavy atom. The van der Waals surface area contributed by atoms with Crippen LogP contribution in [-0.2, 0) is 16.0 Å². The molecule has 7 heteroatoms. The van der Waals surface area contributed by atoms with E-state index in [2.05, 4.69) is 16.2 Å². The number of nitrogens with one attached hydrogen (secondary N) is 3. The van der Waals surface area contributed by atoms with E-state index in [0.29, 0.717) is 17.9 Å². The van der Waals surface area contributed by atoms with Gasteiger partial charge in [0, 0.05) is 5.56 Å². The summed E-state index contributed by atoms with van der Waals surface area (Å²) in [6.07, 6.45) is 0.160. The highest BCUT2D eigenvalue weighted by molar-refractivity contribution is 5.96. The molecule has 0 saturated heterocycles. The quantitative estimate of drug-likeness (QED) is 0.526. The lowest BCUT2D eigenvalue weighted by Gasteiger charge is -2.10. The summed E-state index contributed by atoms with van der Waals surface area (Å²) in [6, 6.07) is 20.1. The molecule has 7 nitrogen and oxygen atoms in total. The van der Waals surface area contributed by atoms with Crippen LogP contribution in [-0.4, -0.2) is 30.9 Å². The van der Waals surface area contributed by atoms with E-state index < -0.39 is 11.8 Å². The smallest absolute Gasteiger partial charge is 0.269 e. The van der Waals surface area contributed by atoms with E-state index >= 15 is 0 Å². The van der Waals surface area contributed by atoms with Crippen molar-refractivity contribution >= 4 is 28.5 Å². The maximum absolute atomic E-state index is 12.2. The maximum Gasteiger partial charge on any atom is 0.269 e. The Labute approximate surface area is 174 Å². The zero-order valence-electron chi connectivity index (χ0n) is 16.6. The van der Waals surface area contributed by atoms with E-state index in [1.54, 1.807) is 24.3 Å². The van der Waals surface area contributed by atoms with Crippen molar-refractivity contribution < 1.29 is 19.1 Å². The minimum Gasteiger partial charge on any atom is -0.494 e. The highest BCUT2D eigenvalue weighted by Gasteiger charge is 2.10. The Hall–Kier alpha value is -3.87. The van der Waals surface area contributed by atoms with Gasteiger partial charge in [0.15, 0.2) is 0 Å². The first-order valence-electron chi connectivity index (χ1n) is 9.62. The second kappa shape index (κ2) is 10.1. The molecule has 0 aromatic heterocycles. The SMILES string of the molecule is CCOc1ccc(C(=O)NNC(=O)CNC(=O)Cc2cccc3ccccc23)cc1. The van der Waals surface area contributed by atoms with E-state index in [9.17, 15) is 14.4 Å². The van der Waals surface area contributed by atoms with Gasteiger partial charge in [-0.05, 0) is 47.5 Å². The Kier molecular flexibility index (Phi) is 7.00. The highest BCUT2D eigenvalue weighted by atomic mass is 16.5. The van der Waals surface area contributed by atoms with Gasteiger partial charge in [-0.25, -0.2) is 0 Å². The number of benzene rings is 3. The van der Waals surface area contributed by atoms with Gasteiger partial charge in [0.2, 0.25) is 5.91 Å². The predicted octanol–water partition coefficient (Wildman–Crippen LogP) is 2.36. The van der Waals surface area contributed by atoms with E-state index in [1.165, 1.54) is 0 Å². The van der Waals surface area contributed by atoms with Gasteiger partial charge in [0.25, 0.3) is 11.8 Å². The molecule has 0 radical (unpaired) electrons. The molecule has 0 spiro atoms. The highest BCUT2D eigenvalue weighted by Crippen LogP contribution is 2.18. The first-order chi connectivity index (χ1) is 14.6. The minimum absolute atomic E-state index is 0.160. The minimum atomic E-state index is -0.527. The molecule has 3 amide bonds. The number of ether oxygens (including phenoxy) is 1. The van der Waals surface area contributed by atoms with Gasteiger partial charge in [-0.1, -0.05) is 42.5 Å². The van der Waals surface area contributed by atoms with Gasteiger partial charge < -0.3 is 10.1 Å².